The Bertz CT molecular complexity index is 744. The summed E-state index contributed by atoms with van der Waals surface area (Å²) in [6.07, 6.45) is 3.32. The van der Waals surface area contributed by atoms with Crippen LogP contribution < -0.4 is 10.2 Å². The van der Waals surface area contributed by atoms with E-state index in [0.717, 1.165) is 32.5 Å². The molecule has 0 saturated carbocycles. The summed E-state index contributed by atoms with van der Waals surface area (Å²) in [6.45, 7) is 7.45. The van der Waals surface area contributed by atoms with E-state index in [1.54, 1.807) is 0 Å². The number of aromatic nitrogens is 4. The number of fused-ring (bicyclic) bond motifs is 1. The van der Waals surface area contributed by atoms with Crippen molar-refractivity contribution in [1.29, 1.82) is 0 Å². The Labute approximate surface area is 152 Å². The third kappa shape index (κ3) is 3.72. The molecule has 1 fully saturated rings. The number of aliphatic hydroxyl groups is 1. The van der Waals surface area contributed by atoms with Crippen molar-refractivity contribution in [2.75, 3.05) is 49.5 Å². The summed E-state index contributed by atoms with van der Waals surface area (Å²) in [4.78, 5) is 33.0. The standard InChI is InChI=1S/C17H27N7O2/c1-3-23(4-2)16(26)12-6-5-8-24(10-12)17-21-13-14(18-7-9-25)19-11-20-15(13)22-17/h11-12,25H,3-10H2,1-2H3,(H2,18,19,20,21,22). The molecule has 0 aromatic carbocycles. The Kier molecular flexibility index (Phi) is 5.87. The van der Waals surface area contributed by atoms with E-state index in [0.29, 0.717) is 36.0 Å². The van der Waals surface area contributed by atoms with Crippen molar-refractivity contribution in [3.63, 3.8) is 0 Å². The van der Waals surface area contributed by atoms with Crippen molar-refractivity contribution in [2.24, 2.45) is 5.92 Å². The molecule has 3 heterocycles. The molecule has 1 unspecified atom stereocenters. The Hall–Kier alpha value is -2.42. The van der Waals surface area contributed by atoms with Crippen LogP contribution in [0, 0.1) is 5.92 Å². The average Bonchev–Trinajstić information content (AvgIpc) is 3.12. The van der Waals surface area contributed by atoms with Gasteiger partial charge in [-0.05, 0) is 26.7 Å². The number of carbonyl (C=O) groups excluding carboxylic acids is 1. The minimum absolute atomic E-state index is 0.00469. The number of imidazole rings is 1. The van der Waals surface area contributed by atoms with Crippen LogP contribution in [0.4, 0.5) is 11.8 Å². The van der Waals surface area contributed by atoms with E-state index in [-0.39, 0.29) is 18.4 Å². The zero-order valence-electron chi connectivity index (χ0n) is 15.4. The van der Waals surface area contributed by atoms with Crippen molar-refractivity contribution in [2.45, 2.75) is 26.7 Å². The molecular formula is C17H27N7O2. The number of aliphatic hydroxyl groups excluding tert-OH is 1. The Morgan fingerprint density at radius 2 is 2.23 bits per heavy atom. The van der Waals surface area contributed by atoms with Gasteiger partial charge in [0.25, 0.3) is 0 Å². The van der Waals surface area contributed by atoms with Gasteiger partial charge in [-0.1, -0.05) is 0 Å². The van der Waals surface area contributed by atoms with Crippen LogP contribution in [-0.2, 0) is 4.79 Å². The monoisotopic (exact) mass is 361 g/mol. The number of piperidine rings is 1. The summed E-state index contributed by atoms with van der Waals surface area (Å²) in [5, 5.41) is 12.1. The van der Waals surface area contributed by atoms with Gasteiger partial charge in [0, 0.05) is 32.7 Å². The van der Waals surface area contributed by atoms with E-state index < -0.39 is 0 Å². The Morgan fingerprint density at radius 1 is 1.42 bits per heavy atom. The molecule has 1 amide bonds. The summed E-state index contributed by atoms with van der Waals surface area (Å²) in [5.74, 6) is 1.55. The average molecular weight is 361 g/mol. The quantitative estimate of drug-likeness (QED) is 0.670. The van der Waals surface area contributed by atoms with Crippen molar-refractivity contribution < 1.29 is 9.90 Å². The van der Waals surface area contributed by atoms with E-state index in [9.17, 15) is 4.79 Å². The van der Waals surface area contributed by atoms with Crippen LogP contribution in [-0.4, -0.2) is 75.2 Å². The maximum atomic E-state index is 12.7. The van der Waals surface area contributed by atoms with Crippen LogP contribution in [0.3, 0.4) is 0 Å². The number of hydrogen-bond acceptors (Lipinski definition) is 7. The largest absolute Gasteiger partial charge is 0.395 e. The second-order valence-corrected chi connectivity index (χ2v) is 6.43. The number of anilines is 2. The number of nitrogens with one attached hydrogen (secondary N) is 2. The molecule has 0 bridgehead atoms. The van der Waals surface area contributed by atoms with Gasteiger partial charge in [-0.15, -0.1) is 0 Å². The summed E-state index contributed by atoms with van der Waals surface area (Å²) >= 11 is 0. The highest BCUT2D eigenvalue weighted by Gasteiger charge is 2.29. The fraction of sp³-hybridized carbons (Fsp3) is 0.647. The van der Waals surface area contributed by atoms with Gasteiger partial charge in [-0.3, -0.25) is 4.79 Å². The minimum atomic E-state index is -0.00469. The fourth-order valence-corrected chi connectivity index (χ4v) is 3.44. The molecule has 1 aliphatic rings. The molecule has 9 nitrogen and oxygen atoms in total. The normalized spacial score (nSPS) is 17.5. The Morgan fingerprint density at radius 3 is 2.96 bits per heavy atom. The van der Waals surface area contributed by atoms with Gasteiger partial charge < -0.3 is 25.2 Å². The topological polar surface area (TPSA) is 110 Å². The number of hydrogen-bond donors (Lipinski definition) is 3. The van der Waals surface area contributed by atoms with Gasteiger partial charge in [-0.2, -0.15) is 4.98 Å². The lowest BCUT2D eigenvalue weighted by Gasteiger charge is -2.34. The van der Waals surface area contributed by atoms with Gasteiger partial charge in [0.05, 0.1) is 12.5 Å². The van der Waals surface area contributed by atoms with Crippen LogP contribution in [0.2, 0.25) is 0 Å². The van der Waals surface area contributed by atoms with Crippen LogP contribution in [0.15, 0.2) is 6.33 Å². The first-order chi connectivity index (χ1) is 12.7. The molecule has 0 aliphatic carbocycles. The second kappa shape index (κ2) is 8.31. The number of rotatable bonds is 7. The first-order valence-electron chi connectivity index (χ1n) is 9.27. The van der Waals surface area contributed by atoms with Crippen molar-refractivity contribution in [3.8, 4) is 0 Å². The van der Waals surface area contributed by atoms with Crippen LogP contribution >= 0.6 is 0 Å². The number of carbonyl (C=O) groups is 1. The molecule has 2 aromatic heterocycles. The molecule has 9 heteroatoms. The first kappa shape index (κ1) is 18.4. The second-order valence-electron chi connectivity index (χ2n) is 6.43. The number of amides is 1. The summed E-state index contributed by atoms with van der Waals surface area (Å²) in [7, 11) is 0. The molecule has 3 N–H and O–H groups in total. The molecule has 2 aromatic rings. The molecule has 0 radical (unpaired) electrons. The SMILES string of the molecule is CCN(CC)C(=O)C1CCCN(c2nc3ncnc(NCCO)c3[nH]2)C1. The van der Waals surface area contributed by atoms with E-state index in [4.69, 9.17) is 5.11 Å². The van der Waals surface area contributed by atoms with Gasteiger partial charge in [0.2, 0.25) is 11.9 Å². The lowest BCUT2D eigenvalue weighted by molar-refractivity contribution is -0.135. The zero-order chi connectivity index (χ0) is 18.5. The molecule has 1 saturated heterocycles. The predicted molar refractivity (Wildman–Crippen MR) is 100 cm³/mol. The third-order valence-electron chi connectivity index (χ3n) is 4.83. The third-order valence-corrected chi connectivity index (χ3v) is 4.83. The van der Waals surface area contributed by atoms with Crippen molar-refractivity contribution >= 4 is 28.8 Å². The van der Waals surface area contributed by atoms with E-state index >= 15 is 0 Å². The van der Waals surface area contributed by atoms with Gasteiger partial charge >= 0.3 is 0 Å². The molecule has 1 aliphatic heterocycles. The Balaban J connectivity index is 1.79. The van der Waals surface area contributed by atoms with Crippen molar-refractivity contribution in [3.05, 3.63) is 6.33 Å². The fourth-order valence-electron chi connectivity index (χ4n) is 3.44. The lowest BCUT2D eigenvalue weighted by atomic mass is 9.96. The number of nitrogens with zero attached hydrogens (tertiary/aromatic N) is 5. The zero-order valence-corrected chi connectivity index (χ0v) is 15.4. The summed E-state index contributed by atoms with van der Waals surface area (Å²) in [6, 6.07) is 0. The highest BCUT2D eigenvalue weighted by Crippen LogP contribution is 2.26. The van der Waals surface area contributed by atoms with Gasteiger partial charge in [0.15, 0.2) is 11.5 Å². The summed E-state index contributed by atoms with van der Waals surface area (Å²) < 4.78 is 0. The van der Waals surface area contributed by atoms with Gasteiger partial charge in [-0.25, -0.2) is 9.97 Å². The minimum Gasteiger partial charge on any atom is -0.395 e. The molecule has 142 valence electrons. The molecule has 0 spiro atoms. The maximum Gasteiger partial charge on any atom is 0.227 e. The smallest absolute Gasteiger partial charge is 0.227 e. The van der Waals surface area contributed by atoms with Crippen LogP contribution in [0.25, 0.3) is 11.2 Å². The van der Waals surface area contributed by atoms with E-state index in [2.05, 4.69) is 30.2 Å². The highest BCUT2D eigenvalue weighted by atomic mass is 16.3. The lowest BCUT2D eigenvalue weighted by Crippen LogP contribution is -2.45. The van der Waals surface area contributed by atoms with Gasteiger partial charge in [0.1, 0.15) is 11.8 Å². The van der Waals surface area contributed by atoms with E-state index in [1.165, 1.54) is 6.33 Å². The van der Waals surface area contributed by atoms with Crippen molar-refractivity contribution in [1.82, 2.24) is 24.8 Å². The number of aromatic amines is 1. The molecular weight excluding hydrogens is 334 g/mol. The van der Waals surface area contributed by atoms with E-state index in [1.807, 2.05) is 18.7 Å². The first-order valence-corrected chi connectivity index (χ1v) is 9.27. The maximum absolute atomic E-state index is 12.7. The highest BCUT2D eigenvalue weighted by molar-refractivity contribution is 5.84. The molecule has 3 rings (SSSR count). The predicted octanol–water partition coefficient (Wildman–Crippen LogP) is 0.842. The number of H-pyrrole nitrogens is 1. The molecule has 1 atom stereocenters. The van der Waals surface area contributed by atoms with Crippen LogP contribution in [0.1, 0.15) is 26.7 Å². The summed E-state index contributed by atoms with van der Waals surface area (Å²) in [5.41, 5.74) is 1.29. The molecule has 26 heavy (non-hydrogen) atoms. The van der Waals surface area contributed by atoms with Crippen LogP contribution in [0.5, 0.6) is 0 Å².